The fourth-order valence-electron chi connectivity index (χ4n) is 3.67. The number of piperidine rings is 1. The maximum atomic E-state index is 13.2. The number of halogens is 1. The topological polar surface area (TPSA) is 56.4 Å². The molecule has 0 saturated carbocycles. The molecule has 3 rings (SSSR count). The van der Waals surface area contributed by atoms with Gasteiger partial charge in [-0.15, -0.1) is 0 Å². The molecule has 0 spiro atoms. The van der Waals surface area contributed by atoms with Crippen LogP contribution in [0.3, 0.4) is 0 Å². The van der Waals surface area contributed by atoms with E-state index in [1.807, 2.05) is 18.2 Å². The Kier molecular flexibility index (Phi) is 6.27. The van der Waals surface area contributed by atoms with Crippen LogP contribution in [0.25, 0.3) is 0 Å². The number of nitrogens with one attached hydrogen (secondary N) is 3. The summed E-state index contributed by atoms with van der Waals surface area (Å²) < 4.78 is 0. The maximum absolute atomic E-state index is 13.2. The number of carbonyl (C=O) groups excluding carboxylic acids is 1. The van der Waals surface area contributed by atoms with Crippen LogP contribution in [-0.4, -0.2) is 47.4 Å². The summed E-state index contributed by atoms with van der Waals surface area (Å²) in [6, 6.07) is 10.5. The lowest BCUT2D eigenvalue weighted by Gasteiger charge is -2.36. The lowest BCUT2D eigenvalue weighted by atomic mass is 9.99. The van der Waals surface area contributed by atoms with Crippen molar-refractivity contribution in [3.05, 3.63) is 35.9 Å². The quantitative estimate of drug-likeness (QED) is 0.668. The standard InChI is InChI=1S/C18H27BrN4O/c1-2-12-23(14-8-10-20-11-9-14)18(24)17-15(19)16(21-22-17)13-6-4-3-5-7-13/h3-7,14-17,20-22H,2,8-12H2,1H3. The van der Waals surface area contributed by atoms with Crippen molar-refractivity contribution in [2.45, 2.75) is 49.1 Å². The molecule has 0 radical (unpaired) electrons. The molecule has 2 saturated heterocycles. The van der Waals surface area contributed by atoms with Crippen LogP contribution >= 0.6 is 15.9 Å². The first-order chi connectivity index (χ1) is 11.7. The molecule has 1 amide bonds. The van der Waals surface area contributed by atoms with Gasteiger partial charge in [0.15, 0.2) is 0 Å². The SMILES string of the molecule is CCCN(C(=O)C1NNC(c2ccccc2)C1Br)C1CCNCC1. The molecule has 0 bridgehead atoms. The second-order valence-corrected chi connectivity index (χ2v) is 7.67. The lowest BCUT2D eigenvalue weighted by Crippen LogP contribution is -2.54. The van der Waals surface area contributed by atoms with Crippen LogP contribution in [0.2, 0.25) is 0 Å². The predicted octanol–water partition coefficient (Wildman–Crippen LogP) is 1.96. The van der Waals surface area contributed by atoms with Gasteiger partial charge in [-0.25, -0.2) is 10.9 Å². The zero-order valence-electron chi connectivity index (χ0n) is 14.2. The largest absolute Gasteiger partial charge is 0.338 e. The zero-order valence-corrected chi connectivity index (χ0v) is 15.8. The Morgan fingerprint density at radius 3 is 2.58 bits per heavy atom. The molecular weight excluding hydrogens is 368 g/mol. The van der Waals surface area contributed by atoms with E-state index >= 15 is 0 Å². The number of carbonyl (C=O) groups is 1. The molecule has 1 aromatic carbocycles. The Hall–Kier alpha value is -0.950. The third kappa shape index (κ3) is 3.82. The van der Waals surface area contributed by atoms with Crippen LogP contribution in [0.4, 0.5) is 0 Å². The average molecular weight is 395 g/mol. The first-order valence-corrected chi connectivity index (χ1v) is 9.85. The van der Waals surface area contributed by atoms with Crippen LogP contribution in [0.15, 0.2) is 30.3 Å². The van der Waals surface area contributed by atoms with E-state index < -0.39 is 0 Å². The summed E-state index contributed by atoms with van der Waals surface area (Å²) in [6.07, 6.45) is 3.08. The average Bonchev–Trinajstić information content (AvgIpc) is 3.02. The summed E-state index contributed by atoms with van der Waals surface area (Å²) >= 11 is 3.77. The van der Waals surface area contributed by atoms with E-state index in [4.69, 9.17) is 0 Å². The number of nitrogens with zero attached hydrogens (tertiary/aromatic N) is 1. The van der Waals surface area contributed by atoms with Crippen LogP contribution in [0.5, 0.6) is 0 Å². The highest BCUT2D eigenvalue weighted by Gasteiger charge is 2.42. The van der Waals surface area contributed by atoms with E-state index in [-0.39, 0.29) is 22.8 Å². The van der Waals surface area contributed by atoms with Crippen LogP contribution in [-0.2, 0) is 4.79 Å². The van der Waals surface area contributed by atoms with Gasteiger partial charge in [0.1, 0.15) is 6.04 Å². The molecule has 0 aromatic heterocycles. The van der Waals surface area contributed by atoms with Crippen LogP contribution in [0.1, 0.15) is 37.8 Å². The Labute approximate surface area is 152 Å². The van der Waals surface area contributed by atoms with Gasteiger partial charge in [-0.2, -0.15) is 0 Å². The van der Waals surface area contributed by atoms with Crippen molar-refractivity contribution in [1.82, 2.24) is 21.1 Å². The number of alkyl halides is 1. The van der Waals surface area contributed by atoms with Crippen molar-refractivity contribution in [2.24, 2.45) is 0 Å². The van der Waals surface area contributed by atoms with Gasteiger partial charge in [-0.1, -0.05) is 53.2 Å². The molecule has 2 aliphatic rings. The Morgan fingerprint density at radius 1 is 1.21 bits per heavy atom. The molecule has 24 heavy (non-hydrogen) atoms. The fraction of sp³-hybridized carbons (Fsp3) is 0.611. The summed E-state index contributed by atoms with van der Waals surface area (Å²) in [5.41, 5.74) is 7.71. The number of hydrogen-bond acceptors (Lipinski definition) is 4. The summed E-state index contributed by atoms with van der Waals surface area (Å²) in [4.78, 5) is 15.3. The number of benzene rings is 1. The van der Waals surface area contributed by atoms with Gasteiger partial charge in [0.05, 0.1) is 10.9 Å². The minimum absolute atomic E-state index is 0.0356. The molecule has 0 aliphatic carbocycles. The van der Waals surface area contributed by atoms with Gasteiger partial charge in [0.2, 0.25) is 5.91 Å². The maximum Gasteiger partial charge on any atom is 0.242 e. The van der Waals surface area contributed by atoms with E-state index in [0.29, 0.717) is 6.04 Å². The van der Waals surface area contributed by atoms with E-state index in [0.717, 1.165) is 38.9 Å². The van der Waals surface area contributed by atoms with Crippen LogP contribution < -0.4 is 16.2 Å². The van der Waals surface area contributed by atoms with Gasteiger partial charge >= 0.3 is 0 Å². The van der Waals surface area contributed by atoms with Gasteiger partial charge in [0, 0.05) is 12.6 Å². The Morgan fingerprint density at radius 2 is 1.92 bits per heavy atom. The minimum Gasteiger partial charge on any atom is -0.338 e. The smallest absolute Gasteiger partial charge is 0.242 e. The van der Waals surface area contributed by atoms with E-state index in [2.05, 4.69) is 56.1 Å². The van der Waals surface area contributed by atoms with Crippen LogP contribution in [0, 0.1) is 0 Å². The van der Waals surface area contributed by atoms with Crippen molar-refractivity contribution in [1.29, 1.82) is 0 Å². The molecule has 6 heteroatoms. The summed E-state index contributed by atoms with van der Waals surface area (Å²) in [5, 5.41) is 3.38. The summed E-state index contributed by atoms with van der Waals surface area (Å²) in [5.74, 6) is 0.205. The normalized spacial score (nSPS) is 28.0. The van der Waals surface area contributed by atoms with Crippen molar-refractivity contribution in [3.63, 3.8) is 0 Å². The van der Waals surface area contributed by atoms with E-state index in [9.17, 15) is 4.79 Å². The molecule has 2 heterocycles. The number of hydrogen-bond donors (Lipinski definition) is 3. The highest BCUT2D eigenvalue weighted by Crippen LogP contribution is 2.30. The van der Waals surface area contributed by atoms with Gasteiger partial charge in [-0.3, -0.25) is 4.79 Å². The van der Waals surface area contributed by atoms with Gasteiger partial charge < -0.3 is 10.2 Å². The van der Waals surface area contributed by atoms with Gasteiger partial charge in [-0.05, 0) is 37.9 Å². The second-order valence-electron chi connectivity index (χ2n) is 6.61. The molecule has 3 unspecified atom stereocenters. The van der Waals surface area contributed by atoms with E-state index in [1.165, 1.54) is 5.56 Å². The lowest BCUT2D eigenvalue weighted by molar-refractivity contribution is -0.136. The molecule has 3 atom stereocenters. The monoisotopic (exact) mass is 394 g/mol. The first kappa shape index (κ1) is 17.9. The fourth-order valence-corrected chi connectivity index (χ4v) is 4.46. The summed E-state index contributed by atoms with van der Waals surface area (Å²) in [7, 11) is 0. The predicted molar refractivity (Wildman–Crippen MR) is 99.9 cm³/mol. The van der Waals surface area contributed by atoms with Crippen molar-refractivity contribution < 1.29 is 4.79 Å². The number of hydrazine groups is 1. The molecular formula is C18H27BrN4O. The van der Waals surface area contributed by atoms with Crippen molar-refractivity contribution in [3.8, 4) is 0 Å². The highest BCUT2D eigenvalue weighted by atomic mass is 79.9. The molecule has 1 aromatic rings. The third-order valence-corrected chi connectivity index (χ3v) is 6.01. The Bertz CT molecular complexity index is 535. The highest BCUT2D eigenvalue weighted by molar-refractivity contribution is 9.09. The summed E-state index contributed by atoms with van der Waals surface area (Å²) in [6.45, 7) is 4.97. The van der Waals surface area contributed by atoms with Crippen molar-refractivity contribution >= 4 is 21.8 Å². The van der Waals surface area contributed by atoms with Gasteiger partial charge in [0.25, 0.3) is 0 Å². The second kappa shape index (κ2) is 8.43. The molecule has 2 aliphatic heterocycles. The third-order valence-electron chi connectivity index (χ3n) is 4.95. The first-order valence-electron chi connectivity index (χ1n) is 8.93. The zero-order chi connectivity index (χ0) is 16.9. The number of rotatable bonds is 5. The van der Waals surface area contributed by atoms with Crippen molar-refractivity contribution in [2.75, 3.05) is 19.6 Å². The van der Waals surface area contributed by atoms with E-state index in [1.54, 1.807) is 0 Å². The Balaban J connectivity index is 1.71. The molecule has 3 N–H and O–H groups in total. The molecule has 5 nitrogen and oxygen atoms in total. The molecule has 132 valence electrons. The number of amides is 1. The minimum atomic E-state index is -0.239. The molecule has 2 fully saturated rings.